The minimum atomic E-state index is -0.268. The first-order chi connectivity index (χ1) is 7.79. The normalized spacial score (nSPS) is 10.3. The van der Waals surface area contributed by atoms with Crippen LogP contribution in [0.25, 0.3) is 0 Å². The zero-order valence-electron chi connectivity index (χ0n) is 8.88. The molecule has 0 aromatic carbocycles. The molecular weight excluding hydrogens is 224 g/mol. The first-order valence-corrected chi connectivity index (χ1v) is 5.81. The van der Waals surface area contributed by atoms with Crippen molar-refractivity contribution in [2.45, 2.75) is 13.0 Å². The number of aryl methyl sites for hydroxylation is 2. The summed E-state index contributed by atoms with van der Waals surface area (Å²) in [5.74, 6) is 0.359. The smallest absolute Gasteiger partial charge is 0.352 e. The molecule has 0 unspecified atom stereocenters. The summed E-state index contributed by atoms with van der Waals surface area (Å²) in [6, 6.07) is 4.06. The van der Waals surface area contributed by atoms with E-state index in [0.29, 0.717) is 12.5 Å². The van der Waals surface area contributed by atoms with Crippen LogP contribution in [0.15, 0.2) is 28.6 Å². The topological polar surface area (TPSA) is 59.8 Å². The lowest BCUT2D eigenvalue weighted by atomic mass is 10.3. The maximum absolute atomic E-state index is 11.5. The van der Waals surface area contributed by atoms with Gasteiger partial charge >= 0.3 is 5.69 Å². The van der Waals surface area contributed by atoms with Crippen LogP contribution in [0, 0.1) is 0 Å². The molecule has 0 aliphatic rings. The fourth-order valence-electron chi connectivity index (χ4n) is 1.32. The van der Waals surface area contributed by atoms with Gasteiger partial charge in [-0.15, -0.1) is 11.3 Å². The second-order valence-corrected chi connectivity index (χ2v) is 4.27. The Morgan fingerprint density at radius 3 is 3.06 bits per heavy atom. The van der Waals surface area contributed by atoms with E-state index in [2.05, 4.69) is 21.4 Å². The van der Waals surface area contributed by atoms with E-state index in [1.165, 1.54) is 15.8 Å². The number of hydrogen-bond donors (Lipinski definition) is 1. The Morgan fingerprint density at radius 2 is 2.44 bits per heavy atom. The molecule has 84 valence electrons. The van der Waals surface area contributed by atoms with Crippen LogP contribution in [0.1, 0.15) is 4.88 Å². The second kappa shape index (κ2) is 4.89. The third kappa shape index (κ3) is 2.46. The lowest BCUT2D eigenvalue weighted by Crippen LogP contribution is -2.25. The lowest BCUT2D eigenvalue weighted by Gasteiger charge is -2.03. The molecule has 2 heterocycles. The molecule has 0 aliphatic heterocycles. The molecule has 1 N–H and O–H groups in total. The summed E-state index contributed by atoms with van der Waals surface area (Å²) in [5.41, 5.74) is -0.268. The molecule has 2 rings (SSSR count). The Hall–Kier alpha value is -1.69. The Labute approximate surface area is 96.8 Å². The third-order valence-corrected chi connectivity index (χ3v) is 3.11. The van der Waals surface area contributed by atoms with Crippen LogP contribution in [0.3, 0.4) is 0 Å². The summed E-state index contributed by atoms with van der Waals surface area (Å²) in [5, 5.41) is 4.76. The summed E-state index contributed by atoms with van der Waals surface area (Å²) >= 11 is 1.69. The van der Waals surface area contributed by atoms with Gasteiger partial charge in [0.15, 0.2) is 0 Å². The Balaban J connectivity index is 2.07. The van der Waals surface area contributed by atoms with Gasteiger partial charge in [0, 0.05) is 18.5 Å². The highest BCUT2D eigenvalue weighted by Gasteiger charge is 2.01. The van der Waals surface area contributed by atoms with E-state index in [0.717, 1.165) is 6.42 Å². The summed E-state index contributed by atoms with van der Waals surface area (Å²) in [6.45, 7) is 0.614. The van der Waals surface area contributed by atoms with Crippen molar-refractivity contribution in [1.29, 1.82) is 0 Å². The number of anilines is 1. The van der Waals surface area contributed by atoms with Gasteiger partial charge in [0.05, 0.1) is 0 Å². The highest BCUT2D eigenvalue weighted by atomic mass is 32.1. The van der Waals surface area contributed by atoms with Crippen molar-refractivity contribution in [1.82, 2.24) is 14.5 Å². The molecule has 0 radical (unpaired) electrons. The van der Waals surface area contributed by atoms with Crippen LogP contribution in [-0.4, -0.2) is 21.6 Å². The SMILES string of the molecule is CNc1ncn(CCc2cccs2)c(=O)n1. The maximum Gasteiger partial charge on any atom is 0.352 e. The van der Waals surface area contributed by atoms with Crippen LogP contribution in [0.4, 0.5) is 5.95 Å². The summed E-state index contributed by atoms with van der Waals surface area (Å²) in [7, 11) is 1.69. The van der Waals surface area contributed by atoms with Crippen LogP contribution < -0.4 is 11.0 Å². The summed E-state index contributed by atoms with van der Waals surface area (Å²) in [4.78, 5) is 20.6. The zero-order valence-corrected chi connectivity index (χ0v) is 9.70. The average molecular weight is 236 g/mol. The van der Waals surface area contributed by atoms with E-state index in [4.69, 9.17) is 0 Å². The monoisotopic (exact) mass is 236 g/mol. The van der Waals surface area contributed by atoms with Gasteiger partial charge in [0.1, 0.15) is 6.33 Å². The van der Waals surface area contributed by atoms with Crippen LogP contribution in [0.2, 0.25) is 0 Å². The Kier molecular flexibility index (Phi) is 3.31. The van der Waals surface area contributed by atoms with E-state index >= 15 is 0 Å². The fraction of sp³-hybridized carbons (Fsp3) is 0.300. The van der Waals surface area contributed by atoms with Crippen molar-refractivity contribution in [3.05, 3.63) is 39.2 Å². The van der Waals surface area contributed by atoms with Crippen molar-refractivity contribution >= 4 is 17.3 Å². The molecule has 0 fully saturated rings. The average Bonchev–Trinajstić information content (AvgIpc) is 2.80. The number of nitrogens with zero attached hydrogens (tertiary/aromatic N) is 3. The van der Waals surface area contributed by atoms with Gasteiger partial charge in [-0.3, -0.25) is 4.57 Å². The van der Waals surface area contributed by atoms with Crippen LogP contribution >= 0.6 is 11.3 Å². The third-order valence-electron chi connectivity index (χ3n) is 2.17. The molecule has 6 heteroatoms. The molecule has 2 aromatic heterocycles. The van der Waals surface area contributed by atoms with Crippen molar-refractivity contribution in [2.75, 3.05) is 12.4 Å². The highest BCUT2D eigenvalue weighted by molar-refractivity contribution is 7.09. The van der Waals surface area contributed by atoms with E-state index in [-0.39, 0.29) is 5.69 Å². The molecule has 0 saturated carbocycles. The van der Waals surface area contributed by atoms with Crippen molar-refractivity contribution in [3.63, 3.8) is 0 Å². The summed E-state index contributed by atoms with van der Waals surface area (Å²) < 4.78 is 1.51. The number of nitrogens with one attached hydrogen (secondary N) is 1. The molecule has 0 atom stereocenters. The quantitative estimate of drug-likeness (QED) is 0.859. The molecule has 5 nitrogen and oxygen atoms in total. The van der Waals surface area contributed by atoms with Crippen molar-refractivity contribution in [3.8, 4) is 0 Å². The van der Waals surface area contributed by atoms with Crippen LogP contribution in [0.5, 0.6) is 0 Å². The Morgan fingerprint density at radius 1 is 1.56 bits per heavy atom. The molecule has 0 aliphatic carbocycles. The first kappa shape index (κ1) is 10.8. The van der Waals surface area contributed by atoms with Gasteiger partial charge in [-0.1, -0.05) is 6.07 Å². The predicted molar refractivity (Wildman–Crippen MR) is 63.9 cm³/mol. The zero-order chi connectivity index (χ0) is 11.4. The fourth-order valence-corrected chi connectivity index (χ4v) is 2.01. The van der Waals surface area contributed by atoms with Crippen molar-refractivity contribution < 1.29 is 0 Å². The minimum absolute atomic E-state index is 0.268. The van der Waals surface area contributed by atoms with Gasteiger partial charge < -0.3 is 5.32 Å². The largest absolute Gasteiger partial charge is 0.357 e. The van der Waals surface area contributed by atoms with Gasteiger partial charge in [0.25, 0.3) is 0 Å². The molecule has 16 heavy (non-hydrogen) atoms. The van der Waals surface area contributed by atoms with E-state index in [9.17, 15) is 4.79 Å². The standard InChI is InChI=1S/C10H12N4OS/c1-11-9-12-7-14(10(15)13-9)5-4-8-3-2-6-16-8/h2-3,6-7H,4-5H2,1H3,(H,11,13,15). The maximum atomic E-state index is 11.5. The van der Waals surface area contributed by atoms with Crippen molar-refractivity contribution in [2.24, 2.45) is 0 Å². The minimum Gasteiger partial charge on any atom is -0.357 e. The molecule has 0 saturated heterocycles. The second-order valence-electron chi connectivity index (χ2n) is 3.24. The molecule has 0 bridgehead atoms. The van der Waals surface area contributed by atoms with Gasteiger partial charge in [-0.05, 0) is 17.9 Å². The van der Waals surface area contributed by atoms with Gasteiger partial charge in [-0.25, -0.2) is 9.78 Å². The number of hydrogen-bond acceptors (Lipinski definition) is 5. The van der Waals surface area contributed by atoms with E-state index in [1.54, 1.807) is 18.4 Å². The number of aromatic nitrogens is 3. The molecule has 0 spiro atoms. The number of thiophene rings is 1. The Bertz CT molecular complexity index is 506. The highest BCUT2D eigenvalue weighted by Crippen LogP contribution is 2.09. The van der Waals surface area contributed by atoms with Gasteiger partial charge in [0.2, 0.25) is 5.95 Å². The summed E-state index contributed by atoms with van der Waals surface area (Å²) in [6.07, 6.45) is 2.36. The van der Waals surface area contributed by atoms with Gasteiger partial charge in [-0.2, -0.15) is 4.98 Å². The predicted octanol–water partition coefficient (Wildman–Crippen LogP) is 0.984. The van der Waals surface area contributed by atoms with E-state index < -0.39 is 0 Å². The lowest BCUT2D eigenvalue weighted by molar-refractivity contribution is 0.636. The van der Waals surface area contributed by atoms with E-state index in [1.807, 2.05) is 11.4 Å². The molecular formula is C10H12N4OS. The van der Waals surface area contributed by atoms with Crippen LogP contribution in [-0.2, 0) is 13.0 Å². The number of rotatable bonds is 4. The molecule has 0 amide bonds. The first-order valence-electron chi connectivity index (χ1n) is 4.93. The molecule has 2 aromatic rings.